The van der Waals surface area contributed by atoms with Crippen molar-refractivity contribution in [2.75, 3.05) is 46.8 Å². The van der Waals surface area contributed by atoms with Crippen LogP contribution in [0, 0.1) is 5.92 Å². The van der Waals surface area contributed by atoms with Gasteiger partial charge in [0.1, 0.15) is 0 Å². The van der Waals surface area contributed by atoms with Crippen LogP contribution in [0.1, 0.15) is 6.92 Å². The van der Waals surface area contributed by atoms with Gasteiger partial charge in [0.15, 0.2) is 0 Å². The summed E-state index contributed by atoms with van der Waals surface area (Å²) in [5.41, 5.74) is 0. The van der Waals surface area contributed by atoms with E-state index in [1.807, 2.05) is 4.90 Å². The Labute approximate surface area is 113 Å². The average molecular weight is 270 g/mol. The van der Waals surface area contributed by atoms with Gasteiger partial charge in [0.05, 0.1) is 12.5 Å². The molecule has 0 spiro atoms. The van der Waals surface area contributed by atoms with Gasteiger partial charge in [0.25, 0.3) is 0 Å². The smallest absolute Gasteiger partial charge is 0.233 e. The minimum Gasteiger partial charge on any atom is -0.359 e. The van der Waals surface area contributed by atoms with Crippen molar-refractivity contribution in [1.82, 2.24) is 20.4 Å². The molecule has 1 atom stereocenters. The molecule has 0 aromatic heterocycles. The second kappa shape index (κ2) is 7.08. The average Bonchev–Trinajstić information content (AvgIpc) is 2.60. The number of rotatable bonds is 3. The molecule has 1 fully saturated rings. The Hall–Kier alpha value is -1.63. The van der Waals surface area contributed by atoms with Crippen LogP contribution in [0.4, 0.5) is 0 Å². The van der Waals surface area contributed by atoms with Crippen molar-refractivity contribution < 1.29 is 14.4 Å². The summed E-state index contributed by atoms with van der Waals surface area (Å²) >= 11 is 0. The van der Waals surface area contributed by atoms with Gasteiger partial charge >= 0.3 is 0 Å². The number of likely N-dealkylation sites (N-methyl/N-ethyl adjacent to an activating group) is 1. The Kier molecular flexibility index (Phi) is 5.75. The first-order valence-corrected chi connectivity index (χ1v) is 6.38. The third-order valence-corrected chi connectivity index (χ3v) is 3.31. The lowest BCUT2D eigenvalue weighted by Gasteiger charge is -2.22. The van der Waals surface area contributed by atoms with E-state index in [9.17, 15) is 14.4 Å². The normalized spacial score (nSPS) is 20.6. The van der Waals surface area contributed by atoms with Crippen molar-refractivity contribution >= 4 is 17.7 Å². The highest BCUT2D eigenvalue weighted by molar-refractivity contribution is 5.81. The Morgan fingerprint density at radius 1 is 1.11 bits per heavy atom. The van der Waals surface area contributed by atoms with Gasteiger partial charge in [0.2, 0.25) is 17.7 Å². The molecule has 1 heterocycles. The molecule has 0 aromatic rings. The number of carbonyl (C=O) groups is 3. The molecule has 7 heteroatoms. The first-order valence-electron chi connectivity index (χ1n) is 6.38. The Morgan fingerprint density at radius 3 is 2.32 bits per heavy atom. The molecule has 2 N–H and O–H groups in total. The first kappa shape index (κ1) is 15.4. The van der Waals surface area contributed by atoms with Gasteiger partial charge in [-0.1, -0.05) is 0 Å². The van der Waals surface area contributed by atoms with E-state index in [4.69, 9.17) is 0 Å². The highest BCUT2D eigenvalue weighted by Crippen LogP contribution is 2.10. The van der Waals surface area contributed by atoms with E-state index >= 15 is 0 Å². The first-order chi connectivity index (χ1) is 8.97. The highest BCUT2D eigenvalue weighted by Gasteiger charge is 2.29. The summed E-state index contributed by atoms with van der Waals surface area (Å²) in [5.74, 6) is -0.543. The van der Waals surface area contributed by atoms with Crippen molar-refractivity contribution in [3.05, 3.63) is 0 Å². The van der Waals surface area contributed by atoms with Gasteiger partial charge < -0.3 is 15.5 Å². The molecule has 3 amide bonds. The third kappa shape index (κ3) is 4.51. The van der Waals surface area contributed by atoms with Crippen molar-refractivity contribution in [3.63, 3.8) is 0 Å². The number of nitrogens with zero attached hydrogens (tertiary/aromatic N) is 2. The molecule has 1 aliphatic heterocycles. The van der Waals surface area contributed by atoms with Gasteiger partial charge in [-0.2, -0.15) is 0 Å². The third-order valence-electron chi connectivity index (χ3n) is 3.31. The van der Waals surface area contributed by atoms with Crippen molar-refractivity contribution in [2.45, 2.75) is 6.92 Å². The molecular formula is C12H22N4O3. The van der Waals surface area contributed by atoms with Crippen LogP contribution in [-0.4, -0.2) is 74.3 Å². The lowest BCUT2D eigenvalue weighted by atomic mass is 10.1. The number of carbonyl (C=O) groups excluding carboxylic acids is 3. The molecule has 1 aliphatic rings. The molecule has 0 saturated carbocycles. The predicted molar refractivity (Wildman–Crippen MR) is 70.3 cm³/mol. The standard InChI is InChI=1S/C12H22N4O3/c1-9(17)16-5-4-15(8-11(18)13-2)6-10(7-16)12(19)14-3/h10H,4-8H2,1-3H3,(H,13,18)(H,14,19). The maximum Gasteiger partial charge on any atom is 0.233 e. The van der Waals surface area contributed by atoms with Gasteiger partial charge in [-0.25, -0.2) is 0 Å². The van der Waals surface area contributed by atoms with Crippen molar-refractivity contribution in [3.8, 4) is 0 Å². The van der Waals surface area contributed by atoms with E-state index in [0.29, 0.717) is 26.2 Å². The molecule has 108 valence electrons. The van der Waals surface area contributed by atoms with Crippen LogP contribution in [0.3, 0.4) is 0 Å². The quantitative estimate of drug-likeness (QED) is 0.638. The molecule has 7 nitrogen and oxygen atoms in total. The van der Waals surface area contributed by atoms with Crippen LogP contribution < -0.4 is 10.6 Å². The van der Waals surface area contributed by atoms with Gasteiger partial charge in [-0.05, 0) is 0 Å². The summed E-state index contributed by atoms with van der Waals surface area (Å²) in [5, 5.41) is 5.17. The zero-order valence-electron chi connectivity index (χ0n) is 11.7. The van der Waals surface area contributed by atoms with Crippen LogP contribution in [0.15, 0.2) is 0 Å². The molecule has 19 heavy (non-hydrogen) atoms. The highest BCUT2D eigenvalue weighted by atomic mass is 16.2. The van der Waals surface area contributed by atoms with E-state index in [-0.39, 0.29) is 30.2 Å². The van der Waals surface area contributed by atoms with Crippen LogP contribution in [0.25, 0.3) is 0 Å². The zero-order chi connectivity index (χ0) is 14.4. The zero-order valence-corrected chi connectivity index (χ0v) is 11.7. The number of nitrogens with one attached hydrogen (secondary N) is 2. The van der Waals surface area contributed by atoms with E-state index < -0.39 is 0 Å². The van der Waals surface area contributed by atoms with Crippen LogP contribution in [0.2, 0.25) is 0 Å². The lowest BCUT2D eigenvalue weighted by Crippen LogP contribution is -2.42. The van der Waals surface area contributed by atoms with Gasteiger partial charge in [-0.15, -0.1) is 0 Å². The van der Waals surface area contributed by atoms with E-state index in [1.54, 1.807) is 19.0 Å². The van der Waals surface area contributed by atoms with Crippen LogP contribution in [-0.2, 0) is 14.4 Å². The number of hydrogen-bond acceptors (Lipinski definition) is 4. The lowest BCUT2D eigenvalue weighted by molar-refractivity contribution is -0.131. The maximum absolute atomic E-state index is 11.8. The van der Waals surface area contributed by atoms with Gasteiger partial charge in [0, 0.05) is 47.2 Å². The van der Waals surface area contributed by atoms with Crippen LogP contribution >= 0.6 is 0 Å². The summed E-state index contributed by atoms with van der Waals surface area (Å²) in [6.07, 6.45) is 0. The Morgan fingerprint density at radius 2 is 1.79 bits per heavy atom. The molecule has 1 unspecified atom stereocenters. The molecular weight excluding hydrogens is 248 g/mol. The Balaban J connectivity index is 2.75. The number of hydrogen-bond donors (Lipinski definition) is 2. The fraction of sp³-hybridized carbons (Fsp3) is 0.750. The summed E-state index contributed by atoms with van der Waals surface area (Å²) in [6, 6.07) is 0. The second-order valence-electron chi connectivity index (χ2n) is 4.68. The summed E-state index contributed by atoms with van der Waals surface area (Å²) in [6.45, 7) is 3.77. The fourth-order valence-corrected chi connectivity index (χ4v) is 2.16. The predicted octanol–water partition coefficient (Wildman–Crippen LogP) is -1.74. The van der Waals surface area contributed by atoms with E-state index in [0.717, 1.165) is 0 Å². The van der Waals surface area contributed by atoms with Crippen molar-refractivity contribution in [1.29, 1.82) is 0 Å². The minimum atomic E-state index is -0.305. The molecule has 0 aromatic carbocycles. The molecule has 0 aliphatic carbocycles. The number of amides is 3. The van der Waals surface area contributed by atoms with E-state index in [1.165, 1.54) is 6.92 Å². The largest absolute Gasteiger partial charge is 0.359 e. The topological polar surface area (TPSA) is 81.8 Å². The minimum absolute atomic E-state index is 0.0457. The Bertz CT molecular complexity index is 359. The molecule has 0 radical (unpaired) electrons. The van der Waals surface area contributed by atoms with Crippen molar-refractivity contribution in [2.24, 2.45) is 5.92 Å². The second-order valence-corrected chi connectivity index (χ2v) is 4.68. The molecule has 0 bridgehead atoms. The summed E-state index contributed by atoms with van der Waals surface area (Å²) in [4.78, 5) is 38.3. The van der Waals surface area contributed by atoms with Gasteiger partial charge in [-0.3, -0.25) is 19.3 Å². The molecule has 1 rings (SSSR count). The SMILES string of the molecule is CNC(=O)CN1CCN(C(C)=O)CC(C(=O)NC)C1. The monoisotopic (exact) mass is 270 g/mol. The van der Waals surface area contributed by atoms with E-state index in [2.05, 4.69) is 10.6 Å². The maximum atomic E-state index is 11.8. The molecule has 1 saturated heterocycles. The fourth-order valence-electron chi connectivity index (χ4n) is 2.16. The summed E-state index contributed by atoms with van der Waals surface area (Å²) < 4.78 is 0. The summed E-state index contributed by atoms with van der Waals surface area (Å²) in [7, 11) is 3.16. The van der Waals surface area contributed by atoms with Crippen LogP contribution in [0.5, 0.6) is 0 Å².